The first-order valence-corrected chi connectivity index (χ1v) is 7.35. The van der Waals surface area contributed by atoms with E-state index in [4.69, 9.17) is 17.3 Å². The molecule has 0 aliphatic heterocycles. The maximum Gasteiger partial charge on any atom is 0.268 e. The number of halogens is 1. The number of nitrogens with one attached hydrogen (secondary N) is 1. The Morgan fingerprint density at radius 2 is 2.00 bits per heavy atom. The van der Waals surface area contributed by atoms with Crippen molar-refractivity contribution in [3.63, 3.8) is 0 Å². The van der Waals surface area contributed by atoms with Gasteiger partial charge in [0, 0.05) is 11.8 Å². The van der Waals surface area contributed by atoms with Crippen molar-refractivity contribution < 1.29 is 4.79 Å². The highest BCUT2D eigenvalue weighted by Gasteiger charge is 2.14. The zero-order valence-corrected chi connectivity index (χ0v) is 12.4. The molecule has 5 nitrogen and oxygen atoms in total. The zero-order chi connectivity index (χ0) is 14.8. The predicted octanol–water partition coefficient (Wildman–Crippen LogP) is 3.42. The summed E-state index contributed by atoms with van der Waals surface area (Å²) >= 11 is 7.26. The van der Waals surface area contributed by atoms with Gasteiger partial charge < -0.3 is 11.1 Å². The number of amides is 1. The maximum absolute atomic E-state index is 12.2. The SMILES string of the molecule is Nc1ccc(-n2nccc2NC(=O)c2sccc2Cl)cc1. The minimum atomic E-state index is -0.257. The number of benzene rings is 1. The molecule has 21 heavy (non-hydrogen) atoms. The largest absolute Gasteiger partial charge is 0.399 e. The van der Waals surface area contributed by atoms with Crippen molar-refractivity contribution in [1.82, 2.24) is 9.78 Å². The summed E-state index contributed by atoms with van der Waals surface area (Å²) < 4.78 is 1.62. The average molecular weight is 319 g/mol. The zero-order valence-electron chi connectivity index (χ0n) is 10.8. The molecule has 0 aliphatic carbocycles. The van der Waals surface area contributed by atoms with Crippen LogP contribution in [0.15, 0.2) is 48.0 Å². The summed E-state index contributed by atoms with van der Waals surface area (Å²) in [5.41, 5.74) is 7.14. The first-order valence-electron chi connectivity index (χ1n) is 6.09. The molecule has 3 aromatic rings. The van der Waals surface area contributed by atoms with Gasteiger partial charge in [-0.3, -0.25) is 4.79 Å². The summed E-state index contributed by atoms with van der Waals surface area (Å²) in [7, 11) is 0. The van der Waals surface area contributed by atoms with Gasteiger partial charge in [-0.1, -0.05) is 11.6 Å². The number of thiophene rings is 1. The molecule has 0 spiro atoms. The van der Waals surface area contributed by atoms with Crippen LogP contribution in [-0.4, -0.2) is 15.7 Å². The molecule has 0 bridgehead atoms. The van der Waals surface area contributed by atoms with Gasteiger partial charge in [0.15, 0.2) is 0 Å². The molecule has 1 amide bonds. The highest BCUT2D eigenvalue weighted by molar-refractivity contribution is 7.12. The van der Waals surface area contributed by atoms with Crippen molar-refractivity contribution in [1.29, 1.82) is 0 Å². The third kappa shape index (κ3) is 2.76. The van der Waals surface area contributed by atoms with E-state index in [1.165, 1.54) is 11.3 Å². The molecule has 2 aromatic heterocycles. The van der Waals surface area contributed by atoms with E-state index in [-0.39, 0.29) is 5.91 Å². The van der Waals surface area contributed by atoms with Crippen LogP contribution in [0.2, 0.25) is 5.02 Å². The fourth-order valence-corrected chi connectivity index (χ4v) is 2.88. The Kier molecular flexibility index (Phi) is 3.64. The Hall–Kier alpha value is -2.31. The number of hydrogen-bond acceptors (Lipinski definition) is 4. The quantitative estimate of drug-likeness (QED) is 0.727. The Morgan fingerprint density at radius 1 is 1.24 bits per heavy atom. The molecular formula is C14H11ClN4OS. The maximum atomic E-state index is 12.2. The van der Waals surface area contributed by atoms with Crippen LogP contribution < -0.4 is 11.1 Å². The van der Waals surface area contributed by atoms with Gasteiger partial charge in [0.1, 0.15) is 10.7 Å². The van der Waals surface area contributed by atoms with Crippen LogP contribution in [0.1, 0.15) is 9.67 Å². The molecule has 0 saturated carbocycles. The van der Waals surface area contributed by atoms with E-state index in [1.54, 1.807) is 40.5 Å². The third-order valence-electron chi connectivity index (χ3n) is 2.85. The number of hydrogen-bond donors (Lipinski definition) is 2. The summed E-state index contributed by atoms with van der Waals surface area (Å²) in [5, 5.41) is 9.22. The number of aromatic nitrogens is 2. The second-order valence-corrected chi connectivity index (χ2v) is 5.59. The van der Waals surface area contributed by atoms with Crippen molar-refractivity contribution in [3.05, 3.63) is 57.9 Å². The van der Waals surface area contributed by atoms with Gasteiger partial charge in [0.25, 0.3) is 5.91 Å². The van der Waals surface area contributed by atoms with Crippen LogP contribution in [-0.2, 0) is 0 Å². The smallest absolute Gasteiger partial charge is 0.268 e. The molecular weight excluding hydrogens is 308 g/mol. The van der Waals surface area contributed by atoms with Crippen LogP contribution >= 0.6 is 22.9 Å². The van der Waals surface area contributed by atoms with Gasteiger partial charge in [0.05, 0.1) is 16.9 Å². The molecule has 0 unspecified atom stereocenters. The number of nitrogen functional groups attached to an aromatic ring is 1. The molecule has 3 N–H and O–H groups in total. The average Bonchev–Trinajstić information content (AvgIpc) is 3.09. The number of carbonyl (C=O) groups excluding carboxylic acids is 1. The first-order chi connectivity index (χ1) is 10.1. The van der Waals surface area contributed by atoms with Gasteiger partial charge in [-0.05, 0) is 35.7 Å². The lowest BCUT2D eigenvalue weighted by molar-refractivity contribution is 0.103. The van der Waals surface area contributed by atoms with Crippen molar-refractivity contribution in [3.8, 4) is 5.69 Å². The number of anilines is 2. The van der Waals surface area contributed by atoms with Gasteiger partial charge in [-0.2, -0.15) is 5.10 Å². The number of nitrogens with two attached hydrogens (primary N) is 1. The summed E-state index contributed by atoms with van der Waals surface area (Å²) in [5.74, 6) is 0.307. The van der Waals surface area contributed by atoms with Crippen LogP contribution in [0.5, 0.6) is 0 Å². The Labute approximate surface area is 130 Å². The number of rotatable bonds is 3. The first kappa shape index (κ1) is 13.7. The fraction of sp³-hybridized carbons (Fsp3) is 0. The molecule has 0 saturated heterocycles. The number of carbonyl (C=O) groups is 1. The monoisotopic (exact) mass is 318 g/mol. The van der Waals surface area contributed by atoms with E-state index in [1.807, 2.05) is 12.1 Å². The summed E-state index contributed by atoms with van der Waals surface area (Å²) in [6.07, 6.45) is 1.61. The molecule has 0 aliphatic rings. The molecule has 0 radical (unpaired) electrons. The van der Waals surface area contributed by atoms with Crippen molar-refractivity contribution >= 4 is 40.4 Å². The van der Waals surface area contributed by atoms with Crippen molar-refractivity contribution in [2.24, 2.45) is 0 Å². The third-order valence-corrected chi connectivity index (χ3v) is 4.19. The molecule has 7 heteroatoms. The predicted molar refractivity (Wildman–Crippen MR) is 85.3 cm³/mol. The Balaban J connectivity index is 1.88. The lowest BCUT2D eigenvalue weighted by Crippen LogP contribution is -2.14. The molecule has 3 rings (SSSR count). The van der Waals surface area contributed by atoms with Crippen LogP contribution in [0.4, 0.5) is 11.5 Å². The minimum Gasteiger partial charge on any atom is -0.399 e. The lowest BCUT2D eigenvalue weighted by atomic mass is 10.3. The van der Waals surface area contributed by atoms with Gasteiger partial charge in [-0.25, -0.2) is 4.68 Å². The molecule has 0 fully saturated rings. The second kappa shape index (κ2) is 5.59. The van der Waals surface area contributed by atoms with E-state index >= 15 is 0 Å². The summed E-state index contributed by atoms with van der Waals surface area (Å²) in [6, 6.07) is 10.6. The van der Waals surface area contributed by atoms with Gasteiger partial charge in [-0.15, -0.1) is 11.3 Å². The van der Waals surface area contributed by atoms with Crippen LogP contribution in [0.25, 0.3) is 5.69 Å². The Morgan fingerprint density at radius 3 is 2.67 bits per heavy atom. The molecule has 0 atom stereocenters. The van der Waals surface area contributed by atoms with Crippen molar-refractivity contribution in [2.45, 2.75) is 0 Å². The van der Waals surface area contributed by atoms with Gasteiger partial charge >= 0.3 is 0 Å². The fourth-order valence-electron chi connectivity index (χ4n) is 1.85. The normalized spacial score (nSPS) is 10.5. The van der Waals surface area contributed by atoms with E-state index in [0.29, 0.717) is 21.4 Å². The van der Waals surface area contributed by atoms with Gasteiger partial charge in [0.2, 0.25) is 0 Å². The van der Waals surface area contributed by atoms with E-state index < -0.39 is 0 Å². The van der Waals surface area contributed by atoms with E-state index in [0.717, 1.165) is 5.69 Å². The minimum absolute atomic E-state index is 0.257. The lowest BCUT2D eigenvalue weighted by Gasteiger charge is -2.08. The molecule has 2 heterocycles. The second-order valence-electron chi connectivity index (χ2n) is 4.27. The number of nitrogens with zero attached hydrogens (tertiary/aromatic N) is 2. The topological polar surface area (TPSA) is 72.9 Å². The molecule has 106 valence electrons. The van der Waals surface area contributed by atoms with Crippen molar-refractivity contribution in [2.75, 3.05) is 11.1 Å². The van der Waals surface area contributed by atoms with Crippen LogP contribution in [0, 0.1) is 0 Å². The van der Waals surface area contributed by atoms with E-state index in [9.17, 15) is 4.79 Å². The summed E-state index contributed by atoms with van der Waals surface area (Å²) in [4.78, 5) is 12.7. The highest BCUT2D eigenvalue weighted by atomic mass is 35.5. The van der Waals surface area contributed by atoms with E-state index in [2.05, 4.69) is 10.4 Å². The van der Waals surface area contributed by atoms with Crippen LogP contribution in [0.3, 0.4) is 0 Å². The Bertz CT molecular complexity index is 778. The molecule has 1 aromatic carbocycles. The summed E-state index contributed by atoms with van der Waals surface area (Å²) in [6.45, 7) is 0. The standard InChI is InChI=1S/C14H11ClN4OS/c15-11-6-8-21-13(11)14(20)18-12-5-7-17-19(12)10-3-1-9(16)2-4-10/h1-8H,16H2,(H,18,20). The highest BCUT2D eigenvalue weighted by Crippen LogP contribution is 2.24.